The van der Waals surface area contributed by atoms with Crippen LogP contribution in [0.4, 0.5) is 4.39 Å². The van der Waals surface area contributed by atoms with Gasteiger partial charge in [0.2, 0.25) is 0 Å². The summed E-state index contributed by atoms with van der Waals surface area (Å²) in [7, 11) is 3.69. The van der Waals surface area contributed by atoms with Gasteiger partial charge in [-0.3, -0.25) is 4.99 Å². The van der Waals surface area contributed by atoms with Crippen molar-refractivity contribution in [1.82, 2.24) is 10.2 Å². The van der Waals surface area contributed by atoms with E-state index < -0.39 is 0 Å². The SMILES string of the molecule is CN=C(NCc1ccc(F)c(CO)c1)N(C)CCOCC1CC1. The van der Waals surface area contributed by atoms with Crippen LogP contribution in [0.2, 0.25) is 0 Å². The number of ether oxygens (including phenoxy) is 1. The molecule has 128 valence electrons. The van der Waals surface area contributed by atoms with Gasteiger partial charge in [-0.25, -0.2) is 4.39 Å². The van der Waals surface area contributed by atoms with Crippen molar-refractivity contribution in [1.29, 1.82) is 0 Å². The van der Waals surface area contributed by atoms with Crippen molar-refractivity contribution in [3.63, 3.8) is 0 Å². The molecule has 1 aliphatic carbocycles. The summed E-state index contributed by atoms with van der Waals surface area (Å²) in [6, 6.07) is 4.74. The molecule has 0 unspecified atom stereocenters. The molecule has 1 saturated carbocycles. The van der Waals surface area contributed by atoms with Gasteiger partial charge in [-0.15, -0.1) is 0 Å². The minimum absolute atomic E-state index is 0.299. The standard InChI is InChI=1S/C17H26FN3O2/c1-19-17(21(2)7-8-23-12-13-3-4-13)20-10-14-5-6-16(18)15(9-14)11-22/h5-6,9,13,22H,3-4,7-8,10-12H2,1-2H3,(H,19,20). The summed E-state index contributed by atoms with van der Waals surface area (Å²) in [6.07, 6.45) is 2.60. The van der Waals surface area contributed by atoms with E-state index in [0.717, 1.165) is 30.6 Å². The molecule has 0 radical (unpaired) electrons. The summed E-state index contributed by atoms with van der Waals surface area (Å²) in [5.74, 6) is 1.15. The molecule has 1 aliphatic rings. The smallest absolute Gasteiger partial charge is 0.193 e. The Kier molecular flexibility index (Phi) is 6.80. The number of rotatable bonds is 8. The van der Waals surface area contributed by atoms with E-state index in [1.54, 1.807) is 19.2 Å². The molecule has 6 heteroatoms. The van der Waals surface area contributed by atoms with Gasteiger partial charge in [0.1, 0.15) is 5.82 Å². The maximum Gasteiger partial charge on any atom is 0.193 e. The molecule has 5 nitrogen and oxygen atoms in total. The number of nitrogens with one attached hydrogen (secondary N) is 1. The molecular formula is C17H26FN3O2. The Balaban J connectivity index is 1.76. The number of guanidine groups is 1. The molecule has 0 heterocycles. The van der Waals surface area contributed by atoms with Crippen LogP contribution in [0.25, 0.3) is 0 Å². The van der Waals surface area contributed by atoms with E-state index in [4.69, 9.17) is 9.84 Å². The Morgan fingerprint density at radius 2 is 2.26 bits per heavy atom. The zero-order valence-electron chi connectivity index (χ0n) is 13.9. The Labute approximate surface area is 137 Å². The Hall–Kier alpha value is -1.66. The molecule has 1 aromatic rings. The predicted molar refractivity (Wildman–Crippen MR) is 88.7 cm³/mol. The van der Waals surface area contributed by atoms with E-state index in [2.05, 4.69) is 10.3 Å². The largest absolute Gasteiger partial charge is 0.392 e. The summed E-state index contributed by atoms with van der Waals surface area (Å²) in [5, 5.41) is 12.3. The van der Waals surface area contributed by atoms with Gasteiger partial charge < -0.3 is 20.1 Å². The van der Waals surface area contributed by atoms with Crippen molar-refractivity contribution in [3.8, 4) is 0 Å². The molecule has 2 N–H and O–H groups in total. The molecule has 0 saturated heterocycles. The summed E-state index contributed by atoms with van der Waals surface area (Å²) in [5.41, 5.74) is 1.20. The first-order valence-electron chi connectivity index (χ1n) is 8.01. The topological polar surface area (TPSA) is 57.1 Å². The quantitative estimate of drug-likeness (QED) is 0.435. The highest BCUT2D eigenvalue weighted by molar-refractivity contribution is 5.79. The minimum Gasteiger partial charge on any atom is -0.392 e. The van der Waals surface area contributed by atoms with Crippen molar-refractivity contribution >= 4 is 5.96 Å². The molecule has 2 rings (SSSR count). The van der Waals surface area contributed by atoms with Crippen LogP contribution in [-0.4, -0.2) is 49.8 Å². The zero-order chi connectivity index (χ0) is 16.7. The third-order valence-electron chi connectivity index (χ3n) is 3.93. The number of nitrogens with zero attached hydrogens (tertiary/aromatic N) is 2. The van der Waals surface area contributed by atoms with E-state index in [1.165, 1.54) is 18.9 Å². The second-order valence-electron chi connectivity index (χ2n) is 5.92. The van der Waals surface area contributed by atoms with Gasteiger partial charge in [0.15, 0.2) is 5.96 Å². The first-order valence-corrected chi connectivity index (χ1v) is 8.01. The number of aliphatic hydroxyl groups is 1. The lowest BCUT2D eigenvalue weighted by Crippen LogP contribution is -2.40. The van der Waals surface area contributed by atoms with E-state index in [1.807, 2.05) is 11.9 Å². The molecule has 0 spiro atoms. The molecule has 1 fully saturated rings. The van der Waals surface area contributed by atoms with Crippen molar-refractivity contribution in [2.24, 2.45) is 10.9 Å². The molecule has 0 aliphatic heterocycles. The minimum atomic E-state index is -0.384. The van der Waals surface area contributed by atoms with Crippen molar-refractivity contribution in [2.75, 3.05) is 33.9 Å². The molecular weight excluding hydrogens is 297 g/mol. The summed E-state index contributed by atoms with van der Waals surface area (Å²) >= 11 is 0. The van der Waals surface area contributed by atoms with Crippen LogP contribution in [0.5, 0.6) is 0 Å². The highest BCUT2D eigenvalue weighted by atomic mass is 19.1. The number of aliphatic hydroxyl groups excluding tert-OH is 1. The van der Waals surface area contributed by atoms with Crippen molar-refractivity contribution in [2.45, 2.75) is 26.0 Å². The molecule has 0 atom stereocenters. The number of halogens is 1. The first-order chi connectivity index (χ1) is 11.1. The summed E-state index contributed by atoms with van der Waals surface area (Å²) < 4.78 is 19.0. The van der Waals surface area contributed by atoms with Crippen LogP contribution in [0.15, 0.2) is 23.2 Å². The summed E-state index contributed by atoms with van der Waals surface area (Å²) in [6.45, 7) is 2.52. The predicted octanol–water partition coefficient (Wildman–Crippen LogP) is 1.75. The van der Waals surface area contributed by atoms with E-state index in [-0.39, 0.29) is 12.4 Å². The van der Waals surface area contributed by atoms with E-state index in [0.29, 0.717) is 18.7 Å². The lowest BCUT2D eigenvalue weighted by molar-refractivity contribution is 0.115. The number of hydrogen-bond acceptors (Lipinski definition) is 3. The third kappa shape index (κ3) is 5.80. The highest BCUT2D eigenvalue weighted by Gasteiger charge is 2.21. The fourth-order valence-corrected chi connectivity index (χ4v) is 2.27. The van der Waals surface area contributed by atoms with Crippen LogP contribution in [0.1, 0.15) is 24.0 Å². The third-order valence-corrected chi connectivity index (χ3v) is 3.93. The number of hydrogen-bond donors (Lipinski definition) is 2. The monoisotopic (exact) mass is 323 g/mol. The van der Waals surface area contributed by atoms with Gasteiger partial charge in [-0.05, 0) is 36.5 Å². The van der Waals surface area contributed by atoms with Gasteiger partial charge in [0.05, 0.1) is 13.2 Å². The maximum atomic E-state index is 13.4. The van der Waals surface area contributed by atoms with E-state index in [9.17, 15) is 4.39 Å². The summed E-state index contributed by atoms with van der Waals surface area (Å²) in [4.78, 5) is 6.25. The zero-order valence-corrected chi connectivity index (χ0v) is 13.9. The van der Waals surface area contributed by atoms with Gasteiger partial charge in [-0.2, -0.15) is 0 Å². The van der Waals surface area contributed by atoms with E-state index >= 15 is 0 Å². The second-order valence-corrected chi connectivity index (χ2v) is 5.92. The molecule has 1 aromatic carbocycles. The average molecular weight is 323 g/mol. The molecule has 0 amide bonds. The number of benzene rings is 1. The number of likely N-dealkylation sites (N-methyl/N-ethyl adjacent to an activating group) is 1. The van der Waals surface area contributed by atoms with Crippen LogP contribution in [0.3, 0.4) is 0 Å². The van der Waals surface area contributed by atoms with Gasteiger partial charge in [0.25, 0.3) is 0 Å². The van der Waals surface area contributed by atoms with Crippen LogP contribution in [0, 0.1) is 11.7 Å². The first kappa shape index (κ1) is 17.7. The second kappa shape index (κ2) is 8.84. The van der Waals surface area contributed by atoms with Crippen LogP contribution >= 0.6 is 0 Å². The Morgan fingerprint density at radius 3 is 2.91 bits per heavy atom. The molecule has 23 heavy (non-hydrogen) atoms. The maximum absolute atomic E-state index is 13.4. The Morgan fingerprint density at radius 1 is 1.48 bits per heavy atom. The normalized spacial score (nSPS) is 14.9. The average Bonchev–Trinajstić information content (AvgIpc) is 3.38. The van der Waals surface area contributed by atoms with Gasteiger partial charge in [-0.1, -0.05) is 6.07 Å². The van der Waals surface area contributed by atoms with Crippen molar-refractivity contribution < 1.29 is 14.2 Å². The van der Waals surface area contributed by atoms with Gasteiger partial charge in [0, 0.05) is 39.4 Å². The van der Waals surface area contributed by atoms with Crippen LogP contribution in [-0.2, 0) is 17.9 Å². The van der Waals surface area contributed by atoms with Crippen molar-refractivity contribution in [3.05, 3.63) is 35.1 Å². The van der Waals surface area contributed by atoms with Gasteiger partial charge >= 0.3 is 0 Å². The molecule has 0 bridgehead atoms. The lowest BCUT2D eigenvalue weighted by atomic mass is 10.1. The Bertz CT molecular complexity index is 533. The molecule has 0 aromatic heterocycles. The number of aliphatic imine (C=N–C) groups is 1. The fraction of sp³-hybridized carbons (Fsp3) is 0.588. The highest BCUT2D eigenvalue weighted by Crippen LogP contribution is 2.28. The fourth-order valence-electron chi connectivity index (χ4n) is 2.27. The lowest BCUT2D eigenvalue weighted by Gasteiger charge is -2.22. The van der Waals surface area contributed by atoms with Crippen LogP contribution < -0.4 is 5.32 Å².